The minimum atomic E-state index is -0.298. The number of aromatic nitrogens is 2. The number of hydrogen-bond acceptors (Lipinski definition) is 4. The van der Waals surface area contributed by atoms with Crippen LogP contribution in [-0.2, 0) is 7.05 Å². The first-order valence-corrected chi connectivity index (χ1v) is 5.61. The van der Waals surface area contributed by atoms with E-state index in [1.54, 1.807) is 38.4 Å². The van der Waals surface area contributed by atoms with Crippen LogP contribution in [-0.4, -0.2) is 22.7 Å². The van der Waals surface area contributed by atoms with Crippen molar-refractivity contribution in [3.05, 3.63) is 41.6 Å². The molecule has 0 aliphatic carbocycles. The van der Waals surface area contributed by atoms with Crippen LogP contribution >= 0.6 is 0 Å². The van der Waals surface area contributed by atoms with E-state index in [2.05, 4.69) is 11.2 Å². The number of anilines is 2. The summed E-state index contributed by atoms with van der Waals surface area (Å²) in [6.45, 7) is 0. The third kappa shape index (κ3) is 2.13. The van der Waals surface area contributed by atoms with Crippen LogP contribution in [0.15, 0.2) is 30.5 Å². The molecule has 0 unspecified atom stereocenters. The van der Waals surface area contributed by atoms with Crippen molar-refractivity contribution < 1.29 is 4.79 Å². The van der Waals surface area contributed by atoms with Crippen molar-refractivity contribution in [2.75, 3.05) is 17.7 Å². The largest absolute Gasteiger partial charge is 0.383 e. The first kappa shape index (κ1) is 12.6. The molecule has 0 atom stereocenters. The Morgan fingerprint density at radius 1 is 1.47 bits per heavy atom. The van der Waals surface area contributed by atoms with E-state index in [0.29, 0.717) is 22.6 Å². The Morgan fingerprint density at radius 2 is 2.16 bits per heavy atom. The second kappa shape index (κ2) is 4.82. The number of aryl methyl sites for hydroxylation is 1. The quantitative estimate of drug-likeness (QED) is 0.871. The zero-order valence-corrected chi connectivity index (χ0v) is 10.7. The number of amides is 1. The van der Waals surface area contributed by atoms with Gasteiger partial charge in [0.1, 0.15) is 17.5 Å². The Bertz CT molecular complexity index is 668. The lowest BCUT2D eigenvalue weighted by Gasteiger charge is -2.18. The molecule has 2 N–H and O–H groups in total. The lowest BCUT2D eigenvalue weighted by Crippen LogP contribution is -2.27. The minimum Gasteiger partial charge on any atom is -0.383 e. The van der Waals surface area contributed by atoms with Crippen molar-refractivity contribution in [1.29, 1.82) is 5.26 Å². The average Bonchev–Trinajstić information content (AvgIpc) is 2.77. The van der Waals surface area contributed by atoms with Crippen molar-refractivity contribution in [1.82, 2.24) is 9.78 Å². The molecule has 96 valence electrons. The number of nitrogen functional groups attached to an aromatic ring is 1. The summed E-state index contributed by atoms with van der Waals surface area (Å²) in [4.78, 5) is 13.7. The molecule has 2 aromatic rings. The summed E-state index contributed by atoms with van der Waals surface area (Å²) in [7, 11) is 3.26. The average molecular weight is 255 g/mol. The van der Waals surface area contributed by atoms with E-state index >= 15 is 0 Å². The highest BCUT2D eigenvalue weighted by molar-refractivity contribution is 6.08. The molecule has 2 rings (SSSR count). The van der Waals surface area contributed by atoms with Gasteiger partial charge in [-0.1, -0.05) is 12.1 Å². The van der Waals surface area contributed by atoms with Gasteiger partial charge < -0.3 is 10.6 Å². The SMILES string of the molecule is CN(C(=O)c1cnn(C)c1N)c1ccccc1C#N. The zero-order valence-electron chi connectivity index (χ0n) is 10.7. The molecular weight excluding hydrogens is 242 g/mol. The predicted molar refractivity (Wildman–Crippen MR) is 71.5 cm³/mol. The number of carbonyl (C=O) groups is 1. The number of nitrogens with two attached hydrogens (primary N) is 1. The maximum absolute atomic E-state index is 12.3. The van der Waals surface area contributed by atoms with Gasteiger partial charge in [0.25, 0.3) is 5.91 Å². The summed E-state index contributed by atoms with van der Waals surface area (Å²) in [6, 6.07) is 8.95. The number of carbonyl (C=O) groups excluding carboxylic acids is 1. The van der Waals surface area contributed by atoms with Crippen LogP contribution in [0.5, 0.6) is 0 Å². The number of rotatable bonds is 2. The van der Waals surface area contributed by atoms with Gasteiger partial charge in [-0.3, -0.25) is 9.48 Å². The van der Waals surface area contributed by atoms with Crippen LogP contribution in [0.3, 0.4) is 0 Å². The number of hydrogen-bond donors (Lipinski definition) is 1. The van der Waals surface area contributed by atoms with Gasteiger partial charge in [-0.05, 0) is 12.1 Å². The van der Waals surface area contributed by atoms with Crippen LogP contribution in [0.1, 0.15) is 15.9 Å². The summed E-state index contributed by atoms with van der Waals surface area (Å²) in [5.41, 5.74) is 7.07. The highest BCUT2D eigenvalue weighted by atomic mass is 16.2. The van der Waals surface area contributed by atoms with E-state index in [4.69, 9.17) is 11.0 Å². The number of nitrogens with zero attached hydrogens (tertiary/aromatic N) is 4. The fourth-order valence-corrected chi connectivity index (χ4v) is 1.76. The van der Waals surface area contributed by atoms with Gasteiger partial charge in [-0.25, -0.2) is 0 Å². The molecule has 0 fully saturated rings. The molecule has 0 saturated heterocycles. The molecule has 1 aromatic carbocycles. The van der Waals surface area contributed by atoms with Gasteiger partial charge in [0, 0.05) is 14.1 Å². The second-order valence-corrected chi connectivity index (χ2v) is 4.06. The number of benzene rings is 1. The molecule has 0 spiro atoms. The van der Waals surface area contributed by atoms with Crippen LogP contribution in [0, 0.1) is 11.3 Å². The van der Waals surface area contributed by atoms with Gasteiger partial charge >= 0.3 is 0 Å². The molecule has 0 radical (unpaired) electrons. The van der Waals surface area contributed by atoms with E-state index in [1.807, 2.05) is 0 Å². The summed E-state index contributed by atoms with van der Waals surface area (Å²) < 4.78 is 1.43. The lowest BCUT2D eigenvalue weighted by atomic mass is 10.1. The summed E-state index contributed by atoms with van der Waals surface area (Å²) >= 11 is 0. The van der Waals surface area contributed by atoms with Gasteiger partial charge in [-0.15, -0.1) is 0 Å². The van der Waals surface area contributed by atoms with Gasteiger partial charge in [0.15, 0.2) is 0 Å². The fourth-order valence-electron chi connectivity index (χ4n) is 1.76. The molecule has 0 saturated carbocycles. The smallest absolute Gasteiger partial charge is 0.263 e. The normalized spacial score (nSPS) is 9.95. The Morgan fingerprint density at radius 3 is 2.74 bits per heavy atom. The van der Waals surface area contributed by atoms with Crippen molar-refractivity contribution in [2.24, 2.45) is 7.05 Å². The molecule has 1 heterocycles. The van der Waals surface area contributed by atoms with E-state index in [-0.39, 0.29) is 5.91 Å². The second-order valence-electron chi connectivity index (χ2n) is 4.06. The maximum Gasteiger partial charge on any atom is 0.263 e. The molecule has 6 nitrogen and oxygen atoms in total. The highest BCUT2D eigenvalue weighted by Gasteiger charge is 2.20. The Balaban J connectivity index is 2.40. The third-order valence-electron chi connectivity index (χ3n) is 2.91. The Kier molecular flexibility index (Phi) is 3.21. The monoisotopic (exact) mass is 255 g/mol. The third-order valence-corrected chi connectivity index (χ3v) is 2.91. The van der Waals surface area contributed by atoms with Crippen LogP contribution in [0.25, 0.3) is 0 Å². The van der Waals surface area contributed by atoms with Crippen LogP contribution in [0.2, 0.25) is 0 Å². The van der Waals surface area contributed by atoms with E-state index in [0.717, 1.165) is 0 Å². The molecule has 0 aliphatic rings. The van der Waals surface area contributed by atoms with Crippen molar-refractivity contribution in [3.63, 3.8) is 0 Å². The topological polar surface area (TPSA) is 87.9 Å². The number of para-hydroxylation sites is 1. The van der Waals surface area contributed by atoms with Gasteiger partial charge in [-0.2, -0.15) is 10.4 Å². The van der Waals surface area contributed by atoms with Crippen LogP contribution in [0.4, 0.5) is 11.5 Å². The summed E-state index contributed by atoms with van der Waals surface area (Å²) in [5, 5.41) is 13.0. The zero-order chi connectivity index (χ0) is 14.0. The molecule has 1 amide bonds. The van der Waals surface area contributed by atoms with Crippen LogP contribution < -0.4 is 10.6 Å². The van der Waals surface area contributed by atoms with Gasteiger partial charge in [0.05, 0.1) is 17.4 Å². The summed E-state index contributed by atoms with van der Waals surface area (Å²) in [6.07, 6.45) is 1.42. The first-order chi connectivity index (χ1) is 9.06. The molecule has 1 aromatic heterocycles. The van der Waals surface area contributed by atoms with E-state index < -0.39 is 0 Å². The van der Waals surface area contributed by atoms with Crippen molar-refractivity contribution >= 4 is 17.4 Å². The Hall–Kier alpha value is -2.81. The van der Waals surface area contributed by atoms with Gasteiger partial charge in [0.2, 0.25) is 0 Å². The first-order valence-electron chi connectivity index (χ1n) is 5.61. The Labute approximate surface area is 110 Å². The predicted octanol–water partition coefficient (Wildman–Crippen LogP) is 1.15. The van der Waals surface area contributed by atoms with Crippen molar-refractivity contribution in [2.45, 2.75) is 0 Å². The molecule has 0 aliphatic heterocycles. The highest BCUT2D eigenvalue weighted by Crippen LogP contribution is 2.21. The molecule has 19 heavy (non-hydrogen) atoms. The standard InChI is InChI=1S/C13H13N5O/c1-17(11-6-4-3-5-9(11)7-14)13(19)10-8-16-18(2)12(10)15/h3-6,8H,15H2,1-2H3. The van der Waals surface area contributed by atoms with E-state index in [1.165, 1.54) is 15.8 Å². The lowest BCUT2D eigenvalue weighted by molar-refractivity contribution is 0.0994. The molecular formula is C13H13N5O. The minimum absolute atomic E-state index is 0.297. The number of nitriles is 1. The molecule has 0 bridgehead atoms. The fraction of sp³-hybridized carbons (Fsp3) is 0.154. The summed E-state index contributed by atoms with van der Waals surface area (Å²) in [5.74, 6) is -0.000381. The van der Waals surface area contributed by atoms with E-state index in [9.17, 15) is 4.79 Å². The van der Waals surface area contributed by atoms with Crippen molar-refractivity contribution in [3.8, 4) is 6.07 Å². The maximum atomic E-state index is 12.3. The molecule has 6 heteroatoms.